The lowest BCUT2D eigenvalue weighted by Gasteiger charge is -2.23. The molecule has 0 spiro atoms. The van der Waals surface area contributed by atoms with Gasteiger partial charge < -0.3 is 4.74 Å². The van der Waals surface area contributed by atoms with Crippen molar-refractivity contribution in [3.63, 3.8) is 0 Å². The molecule has 118 valence electrons. The van der Waals surface area contributed by atoms with Gasteiger partial charge in [-0.25, -0.2) is 14.6 Å². The van der Waals surface area contributed by atoms with E-state index in [4.69, 9.17) is 16.5 Å². The number of fused-ring (bicyclic) bond motifs is 1. The Balaban J connectivity index is 1.76. The van der Waals surface area contributed by atoms with Crippen molar-refractivity contribution in [2.24, 2.45) is 0 Å². The second-order valence-electron chi connectivity index (χ2n) is 5.41. The summed E-state index contributed by atoms with van der Waals surface area (Å²) in [5, 5.41) is 5.56. The first-order valence-electron chi connectivity index (χ1n) is 7.50. The summed E-state index contributed by atoms with van der Waals surface area (Å²) in [7, 11) is 0. The van der Waals surface area contributed by atoms with Crippen LogP contribution in [-0.2, 0) is 4.74 Å². The van der Waals surface area contributed by atoms with Gasteiger partial charge in [0.1, 0.15) is 6.33 Å². The lowest BCUT2D eigenvalue weighted by molar-refractivity contribution is -0.0366. The summed E-state index contributed by atoms with van der Waals surface area (Å²) in [5.74, 6) is 0.878. The van der Waals surface area contributed by atoms with Crippen LogP contribution in [0.5, 0.6) is 0 Å². The van der Waals surface area contributed by atoms with Crippen molar-refractivity contribution in [3.8, 4) is 11.4 Å². The average molecular weight is 331 g/mol. The standard InChI is InChI=1S/C15H15ClN6O/c16-21-15-18-9-17-14(20-15)10-4-5-11-8-19-22(12(11)7-10)13-3-1-2-6-23-13/h4-5,7-9,13H,1-3,6H2,(H,17,18,20,21). The van der Waals surface area contributed by atoms with Gasteiger partial charge in [0.2, 0.25) is 5.95 Å². The maximum absolute atomic E-state index is 5.84. The topological polar surface area (TPSA) is 77.8 Å². The van der Waals surface area contributed by atoms with E-state index in [2.05, 4.69) is 24.9 Å². The van der Waals surface area contributed by atoms with Crippen LogP contribution in [-0.4, -0.2) is 31.3 Å². The molecule has 0 aliphatic carbocycles. The Morgan fingerprint density at radius 2 is 2.22 bits per heavy atom. The molecule has 2 aromatic heterocycles. The number of aromatic nitrogens is 5. The molecule has 0 saturated carbocycles. The summed E-state index contributed by atoms with van der Waals surface area (Å²) >= 11 is 5.56. The highest BCUT2D eigenvalue weighted by Crippen LogP contribution is 2.28. The van der Waals surface area contributed by atoms with Crippen LogP contribution in [0.4, 0.5) is 5.95 Å². The minimum absolute atomic E-state index is 0.00470. The van der Waals surface area contributed by atoms with E-state index in [-0.39, 0.29) is 6.23 Å². The van der Waals surface area contributed by atoms with Gasteiger partial charge in [0, 0.05) is 29.3 Å². The Bertz CT molecular complexity index is 830. The fourth-order valence-electron chi connectivity index (χ4n) is 2.80. The molecule has 0 radical (unpaired) electrons. The summed E-state index contributed by atoms with van der Waals surface area (Å²) in [6.45, 7) is 0.782. The van der Waals surface area contributed by atoms with Crippen LogP contribution in [0.25, 0.3) is 22.3 Å². The van der Waals surface area contributed by atoms with E-state index in [1.807, 2.05) is 29.1 Å². The highest BCUT2D eigenvalue weighted by Gasteiger charge is 2.19. The summed E-state index contributed by atoms with van der Waals surface area (Å²) in [6, 6.07) is 5.99. The van der Waals surface area contributed by atoms with E-state index in [1.165, 1.54) is 6.33 Å². The number of anilines is 1. The molecule has 1 aliphatic heterocycles. The van der Waals surface area contributed by atoms with Gasteiger partial charge in [-0.3, -0.25) is 4.84 Å². The fraction of sp³-hybridized carbons (Fsp3) is 0.333. The molecule has 1 atom stereocenters. The molecule has 4 rings (SSSR count). The minimum atomic E-state index is -0.00470. The molecule has 1 saturated heterocycles. The van der Waals surface area contributed by atoms with Crippen LogP contribution in [0.15, 0.2) is 30.7 Å². The van der Waals surface area contributed by atoms with Crippen LogP contribution < -0.4 is 4.84 Å². The van der Waals surface area contributed by atoms with Crippen molar-refractivity contribution in [3.05, 3.63) is 30.7 Å². The third-order valence-corrected chi connectivity index (χ3v) is 4.11. The zero-order valence-electron chi connectivity index (χ0n) is 12.3. The number of benzene rings is 1. The van der Waals surface area contributed by atoms with E-state index < -0.39 is 0 Å². The summed E-state index contributed by atoms with van der Waals surface area (Å²) in [5.41, 5.74) is 1.89. The summed E-state index contributed by atoms with van der Waals surface area (Å²) < 4.78 is 7.79. The van der Waals surface area contributed by atoms with Crippen molar-refractivity contribution in [2.75, 3.05) is 11.4 Å². The highest BCUT2D eigenvalue weighted by atomic mass is 35.5. The average Bonchev–Trinajstić information content (AvgIpc) is 3.05. The number of hydrogen-bond acceptors (Lipinski definition) is 6. The molecule has 3 aromatic rings. The normalized spacial score (nSPS) is 18.2. The maximum Gasteiger partial charge on any atom is 0.241 e. The van der Waals surface area contributed by atoms with E-state index in [1.54, 1.807) is 0 Å². The molecular formula is C15H15ClN6O. The molecular weight excluding hydrogens is 316 g/mol. The van der Waals surface area contributed by atoms with Crippen LogP contribution in [0, 0.1) is 0 Å². The molecule has 1 unspecified atom stereocenters. The SMILES string of the molecule is ClNc1ncnc(-c2ccc3cnn(C4CCCCO4)c3c2)n1. The molecule has 0 bridgehead atoms. The third kappa shape index (κ3) is 2.73. The Kier molecular flexibility index (Phi) is 3.80. The van der Waals surface area contributed by atoms with Crippen LogP contribution in [0.3, 0.4) is 0 Å². The molecule has 1 fully saturated rings. The van der Waals surface area contributed by atoms with E-state index in [0.29, 0.717) is 11.8 Å². The van der Waals surface area contributed by atoms with Gasteiger partial charge >= 0.3 is 0 Å². The van der Waals surface area contributed by atoms with E-state index in [0.717, 1.165) is 42.3 Å². The molecule has 7 nitrogen and oxygen atoms in total. The molecule has 8 heteroatoms. The number of ether oxygens (including phenoxy) is 1. The molecule has 3 heterocycles. The van der Waals surface area contributed by atoms with Crippen LogP contribution in [0.2, 0.25) is 0 Å². The molecule has 0 amide bonds. The Morgan fingerprint density at radius 1 is 1.26 bits per heavy atom. The second kappa shape index (κ2) is 6.10. The molecule has 1 N–H and O–H groups in total. The third-order valence-electron chi connectivity index (χ3n) is 3.94. The van der Waals surface area contributed by atoms with Gasteiger partial charge in [0.25, 0.3) is 0 Å². The van der Waals surface area contributed by atoms with Gasteiger partial charge in [-0.05, 0) is 25.3 Å². The van der Waals surface area contributed by atoms with Gasteiger partial charge in [-0.15, -0.1) is 0 Å². The van der Waals surface area contributed by atoms with Crippen molar-refractivity contribution >= 4 is 28.6 Å². The number of rotatable bonds is 3. The lowest BCUT2D eigenvalue weighted by atomic mass is 10.1. The number of halogens is 1. The number of nitrogens with one attached hydrogen (secondary N) is 1. The quantitative estimate of drug-likeness (QED) is 0.743. The Hall–Kier alpha value is -2.25. The first-order chi connectivity index (χ1) is 11.3. The number of hydrogen-bond donors (Lipinski definition) is 1. The van der Waals surface area contributed by atoms with Crippen LogP contribution in [0.1, 0.15) is 25.5 Å². The van der Waals surface area contributed by atoms with Gasteiger partial charge in [0.15, 0.2) is 12.1 Å². The van der Waals surface area contributed by atoms with Crippen molar-refractivity contribution in [1.29, 1.82) is 0 Å². The van der Waals surface area contributed by atoms with Gasteiger partial charge in [0.05, 0.1) is 11.7 Å². The van der Waals surface area contributed by atoms with Crippen molar-refractivity contribution < 1.29 is 4.74 Å². The predicted molar refractivity (Wildman–Crippen MR) is 86.9 cm³/mol. The molecule has 1 aromatic carbocycles. The van der Waals surface area contributed by atoms with Gasteiger partial charge in [-0.1, -0.05) is 12.1 Å². The Morgan fingerprint density at radius 3 is 3.04 bits per heavy atom. The minimum Gasteiger partial charge on any atom is -0.356 e. The largest absolute Gasteiger partial charge is 0.356 e. The fourth-order valence-corrected chi connectivity index (χ4v) is 2.89. The van der Waals surface area contributed by atoms with E-state index >= 15 is 0 Å². The first-order valence-corrected chi connectivity index (χ1v) is 7.88. The molecule has 1 aliphatic rings. The second-order valence-corrected chi connectivity index (χ2v) is 5.60. The van der Waals surface area contributed by atoms with E-state index in [9.17, 15) is 0 Å². The molecule has 23 heavy (non-hydrogen) atoms. The number of nitrogens with zero attached hydrogens (tertiary/aromatic N) is 5. The predicted octanol–water partition coefficient (Wildman–Crippen LogP) is 3.15. The van der Waals surface area contributed by atoms with Crippen molar-refractivity contribution in [2.45, 2.75) is 25.5 Å². The Labute approximate surface area is 137 Å². The zero-order chi connectivity index (χ0) is 15.6. The maximum atomic E-state index is 5.84. The first kappa shape index (κ1) is 14.3. The highest BCUT2D eigenvalue weighted by molar-refractivity contribution is 6.23. The van der Waals surface area contributed by atoms with Gasteiger partial charge in [-0.2, -0.15) is 10.1 Å². The van der Waals surface area contributed by atoms with Crippen LogP contribution >= 0.6 is 11.8 Å². The van der Waals surface area contributed by atoms with Crippen molar-refractivity contribution in [1.82, 2.24) is 24.7 Å². The monoisotopic (exact) mass is 330 g/mol. The smallest absolute Gasteiger partial charge is 0.241 e. The summed E-state index contributed by atoms with van der Waals surface area (Å²) in [6.07, 6.45) is 6.53. The zero-order valence-corrected chi connectivity index (χ0v) is 13.1. The summed E-state index contributed by atoms with van der Waals surface area (Å²) in [4.78, 5) is 14.8. The lowest BCUT2D eigenvalue weighted by Crippen LogP contribution is -2.18.